The number of nitrogens with zero attached hydrogens (tertiary/aromatic N) is 2. The van der Waals surface area contributed by atoms with Gasteiger partial charge in [0.15, 0.2) is 0 Å². The lowest BCUT2D eigenvalue weighted by atomic mass is 9.89. The first-order valence-corrected chi connectivity index (χ1v) is 8.02. The second kappa shape index (κ2) is 6.25. The number of fused-ring (bicyclic) bond motifs is 1. The lowest BCUT2D eigenvalue weighted by molar-refractivity contribution is -0.116. The van der Waals surface area contributed by atoms with E-state index in [1.54, 1.807) is 7.11 Å². The molecule has 5 nitrogen and oxygen atoms in total. The minimum atomic E-state index is -0.700. The van der Waals surface area contributed by atoms with Gasteiger partial charge in [-0.25, -0.2) is 13.8 Å². The monoisotopic (exact) mass is 355 g/mol. The van der Waals surface area contributed by atoms with Crippen LogP contribution in [0.15, 0.2) is 48.8 Å². The number of benzene rings is 2. The zero-order chi connectivity index (χ0) is 18.3. The normalized spacial score (nSPS) is 16.1. The molecule has 2 aromatic carbocycles. The lowest BCUT2D eigenvalue weighted by Gasteiger charge is -2.23. The van der Waals surface area contributed by atoms with Crippen LogP contribution >= 0.6 is 0 Å². The third-order valence-corrected chi connectivity index (χ3v) is 4.39. The van der Waals surface area contributed by atoms with E-state index >= 15 is 0 Å². The van der Waals surface area contributed by atoms with Crippen molar-refractivity contribution >= 4 is 11.7 Å². The molecular weight excluding hydrogens is 340 g/mol. The van der Waals surface area contributed by atoms with E-state index in [1.165, 1.54) is 23.0 Å². The summed E-state index contributed by atoms with van der Waals surface area (Å²) in [6, 6.07) is 10.6. The minimum absolute atomic E-state index is 0.191. The summed E-state index contributed by atoms with van der Waals surface area (Å²) in [5, 5.41) is 2.76. The van der Waals surface area contributed by atoms with Crippen LogP contribution in [0.5, 0.6) is 5.75 Å². The second-order valence-electron chi connectivity index (χ2n) is 6.06. The fraction of sp³-hybridized carbons (Fsp3) is 0.158. The molecule has 0 bridgehead atoms. The van der Waals surface area contributed by atoms with Crippen LogP contribution in [0.2, 0.25) is 0 Å². The fourth-order valence-electron chi connectivity index (χ4n) is 3.21. The van der Waals surface area contributed by atoms with E-state index in [-0.39, 0.29) is 23.9 Å². The summed E-state index contributed by atoms with van der Waals surface area (Å²) in [4.78, 5) is 16.7. The van der Waals surface area contributed by atoms with Gasteiger partial charge in [0.25, 0.3) is 0 Å². The molecule has 4 rings (SSSR count). The quantitative estimate of drug-likeness (QED) is 0.781. The van der Waals surface area contributed by atoms with E-state index in [1.807, 2.05) is 24.3 Å². The van der Waals surface area contributed by atoms with Crippen molar-refractivity contribution in [2.45, 2.75) is 12.3 Å². The van der Waals surface area contributed by atoms with Crippen molar-refractivity contribution in [1.82, 2.24) is 9.55 Å². The van der Waals surface area contributed by atoms with Crippen molar-refractivity contribution in [3.8, 4) is 11.4 Å². The maximum atomic E-state index is 13.6. The Morgan fingerprint density at radius 2 is 1.96 bits per heavy atom. The van der Waals surface area contributed by atoms with Gasteiger partial charge in [-0.05, 0) is 29.8 Å². The van der Waals surface area contributed by atoms with E-state index in [0.29, 0.717) is 17.3 Å². The SMILES string of the molecule is COc1cccc([C@H]2CC(=O)Nc3c2ncn3-c2cc(F)cc(F)c2)c1. The fourth-order valence-corrected chi connectivity index (χ4v) is 3.21. The standard InChI is InChI=1S/C19H15F2N3O2/c1-26-15-4-2-3-11(5-15)16-9-17(25)23-19-18(16)22-10-24(19)14-7-12(20)6-13(21)8-14/h2-8,10,16H,9H2,1H3,(H,23,25)/t16-/m1/s1. The maximum absolute atomic E-state index is 13.6. The lowest BCUT2D eigenvalue weighted by Crippen LogP contribution is -2.25. The number of ether oxygens (including phenoxy) is 1. The van der Waals surface area contributed by atoms with E-state index in [0.717, 1.165) is 11.6 Å². The van der Waals surface area contributed by atoms with Crippen LogP contribution in [-0.4, -0.2) is 22.6 Å². The third-order valence-electron chi connectivity index (χ3n) is 4.39. The van der Waals surface area contributed by atoms with Crippen molar-refractivity contribution in [1.29, 1.82) is 0 Å². The van der Waals surface area contributed by atoms with E-state index in [2.05, 4.69) is 10.3 Å². The summed E-state index contributed by atoms with van der Waals surface area (Å²) in [5.74, 6) is -0.763. The number of methoxy groups -OCH3 is 1. The van der Waals surface area contributed by atoms with Crippen molar-refractivity contribution in [3.63, 3.8) is 0 Å². The molecule has 0 saturated heterocycles. The molecular formula is C19H15F2N3O2. The Labute approximate surface area is 148 Å². The highest BCUT2D eigenvalue weighted by Crippen LogP contribution is 2.38. The number of hydrogen-bond donors (Lipinski definition) is 1. The van der Waals surface area contributed by atoms with Crippen molar-refractivity contribution in [3.05, 3.63) is 71.7 Å². The topological polar surface area (TPSA) is 56.1 Å². The van der Waals surface area contributed by atoms with Crippen LogP contribution in [-0.2, 0) is 4.79 Å². The first kappa shape index (κ1) is 16.3. The Balaban J connectivity index is 1.82. The smallest absolute Gasteiger partial charge is 0.226 e. The van der Waals surface area contributed by atoms with Crippen molar-refractivity contribution < 1.29 is 18.3 Å². The highest BCUT2D eigenvalue weighted by Gasteiger charge is 2.31. The molecule has 1 amide bonds. The molecule has 0 aliphatic carbocycles. The Hall–Kier alpha value is -3.22. The van der Waals surface area contributed by atoms with Crippen LogP contribution in [0.25, 0.3) is 5.69 Å². The molecule has 7 heteroatoms. The zero-order valence-electron chi connectivity index (χ0n) is 13.9. The van der Waals surface area contributed by atoms with Gasteiger partial charge in [-0.15, -0.1) is 0 Å². The molecule has 2 heterocycles. The zero-order valence-corrected chi connectivity index (χ0v) is 13.9. The number of carbonyl (C=O) groups excluding carboxylic acids is 1. The first-order valence-electron chi connectivity index (χ1n) is 8.02. The molecule has 1 aromatic heterocycles. The summed E-state index contributed by atoms with van der Waals surface area (Å²) >= 11 is 0. The summed E-state index contributed by atoms with van der Waals surface area (Å²) in [5.41, 5.74) is 1.78. The number of imidazole rings is 1. The Kier molecular flexibility index (Phi) is 3.91. The highest BCUT2D eigenvalue weighted by atomic mass is 19.1. The number of amides is 1. The van der Waals surface area contributed by atoms with E-state index < -0.39 is 11.6 Å². The second-order valence-corrected chi connectivity index (χ2v) is 6.06. The molecule has 0 radical (unpaired) electrons. The molecule has 1 N–H and O–H groups in total. The predicted molar refractivity (Wildman–Crippen MR) is 91.6 cm³/mol. The van der Waals surface area contributed by atoms with Crippen molar-refractivity contribution in [2.24, 2.45) is 0 Å². The predicted octanol–water partition coefficient (Wildman–Crippen LogP) is 3.63. The number of anilines is 1. The average Bonchev–Trinajstić information content (AvgIpc) is 3.04. The van der Waals surface area contributed by atoms with Gasteiger partial charge in [-0.1, -0.05) is 12.1 Å². The summed E-state index contributed by atoms with van der Waals surface area (Å²) in [6.07, 6.45) is 1.69. The van der Waals surface area contributed by atoms with Gasteiger partial charge < -0.3 is 10.1 Å². The van der Waals surface area contributed by atoms with Gasteiger partial charge in [0.1, 0.15) is 29.5 Å². The van der Waals surface area contributed by atoms with Gasteiger partial charge in [0, 0.05) is 18.4 Å². The van der Waals surface area contributed by atoms with Gasteiger partial charge in [0.05, 0.1) is 18.5 Å². The van der Waals surface area contributed by atoms with E-state index in [9.17, 15) is 13.6 Å². The molecule has 1 aliphatic heterocycles. The number of rotatable bonds is 3. The van der Waals surface area contributed by atoms with Crippen LogP contribution in [0.1, 0.15) is 23.6 Å². The largest absolute Gasteiger partial charge is 0.497 e. The molecule has 3 aromatic rings. The minimum Gasteiger partial charge on any atom is -0.497 e. The first-order chi connectivity index (χ1) is 12.5. The van der Waals surface area contributed by atoms with Crippen LogP contribution in [0, 0.1) is 11.6 Å². The number of aromatic nitrogens is 2. The Bertz CT molecular complexity index is 980. The number of nitrogens with one attached hydrogen (secondary N) is 1. The molecule has 0 spiro atoms. The van der Waals surface area contributed by atoms with Crippen LogP contribution in [0.3, 0.4) is 0 Å². The Morgan fingerprint density at radius 1 is 1.19 bits per heavy atom. The van der Waals surface area contributed by atoms with Gasteiger partial charge >= 0.3 is 0 Å². The molecule has 132 valence electrons. The number of halogens is 2. The van der Waals surface area contributed by atoms with Crippen LogP contribution < -0.4 is 10.1 Å². The van der Waals surface area contributed by atoms with Gasteiger partial charge in [-0.3, -0.25) is 9.36 Å². The third kappa shape index (κ3) is 2.81. The average molecular weight is 355 g/mol. The highest BCUT2D eigenvalue weighted by molar-refractivity contribution is 5.94. The molecule has 26 heavy (non-hydrogen) atoms. The number of hydrogen-bond acceptors (Lipinski definition) is 3. The van der Waals surface area contributed by atoms with Gasteiger partial charge in [0.2, 0.25) is 5.91 Å². The molecule has 1 atom stereocenters. The maximum Gasteiger partial charge on any atom is 0.226 e. The van der Waals surface area contributed by atoms with Crippen molar-refractivity contribution in [2.75, 3.05) is 12.4 Å². The van der Waals surface area contributed by atoms with E-state index in [4.69, 9.17) is 4.74 Å². The number of carbonyl (C=O) groups is 1. The summed E-state index contributed by atoms with van der Waals surface area (Å²) < 4.78 is 33.9. The molecule has 0 fully saturated rings. The summed E-state index contributed by atoms with van der Waals surface area (Å²) in [6.45, 7) is 0. The molecule has 1 aliphatic rings. The Morgan fingerprint density at radius 3 is 2.69 bits per heavy atom. The van der Waals surface area contributed by atoms with Crippen LogP contribution in [0.4, 0.5) is 14.6 Å². The molecule has 0 unspecified atom stereocenters. The van der Waals surface area contributed by atoms with Gasteiger partial charge in [-0.2, -0.15) is 0 Å². The molecule has 0 saturated carbocycles. The summed E-state index contributed by atoms with van der Waals surface area (Å²) in [7, 11) is 1.57.